The van der Waals surface area contributed by atoms with Crippen molar-refractivity contribution in [2.24, 2.45) is 7.05 Å². The molecule has 0 amide bonds. The Labute approximate surface area is 87.8 Å². The van der Waals surface area contributed by atoms with E-state index >= 15 is 0 Å². The molecule has 0 fully saturated rings. The molecule has 0 saturated heterocycles. The highest BCUT2D eigenvalue weighted by Gasteiger charge is 2.04. The third kappa shape index (κ3) is 1.32. The summed E-state index contributed by atoms with van der Waals surface area (Å²) in [6, 6.07) is 1.69. The van der Waals surface area contributed by atoms with Gasteiger partial charge in [0.1, 0.15) is 9.22 Å². The van der Waals surface area contributed by atoms with Gasteiger partial charge in [0.15, 0.2) is 0 Å². The predicted octanol–water partition coefficient (Wildman–Crippen LogP) is 0.933. The van der Waals surface area contributed by atoms with Crippen molar-refractivity contribution in [2.75, 3.05) is 0 Å². The molecule has 2 rings (SSSR count). The molecule has 66 valence electrons. The normalized spacial score (nSPS) is 10.6. The van der Waals surface area contributed by atoms with Gasteiger partial charge in [-0.3, -0.25) is 4.79 Å². The third-order valence-corrected chi connectivity index (χ3v) is 2.58. The average molecular weight is 287 g/mol. The lowest BCUT2D eigenvalue weighted by molar-refractivity contribution is 0.841. The first-order valence-electron chi connectivity index (χ1n) is 3.66. The Morgan fingerprint density at radius 2 is 2.23 bits per heavy atom. The zero-order chi connectivity index (χ0) is 9.42. The number of halogens is 1. The monoisotopic (exact) mass is 287 g/mol. The first kappa shape index (κ1) is 8.61. The number of hydrogen-bond donors (Lipinski definition) is 0. The fourth-order valence-corrected chi connectivity index (χ4v) is 1.70. The van der Waals surface area contributed by atoms with Crippen LogP contribution in [0.1, 0.15) is 0 Å². The van der Waals surface area contributed by atoms with Gasteiger partial charge in [-0.2, -0.15) is 0 Å². The maximum Gasteiger partial charge on any atom is 0.261 e. The predicted molar refractivity (Wildman–Crippen MR) is 57.5 cm³/mol. The Kier molecular flexibility index (Phi) is 2.03. The van der Waals surface area contributed by atoms with Gasteiger partial charge in [-0.25, -0.2) is 9.97 Å². The summed E-state index contributed by atoms with van der Waals surface area (Å²) in [5.74, 6) is 0. The van der Waals surface area contributed by atoms with Crippen LogP contribution in [0.5, 0.6) is 0 Å². The van der Waals surface area contributed by atoms with Crippen molar-refractivity contribution in [3.8, 4) is 0 Å². The Bertz CT molecular complexity index is 520. The number of aromatic nitrogens is 3. The summed E-state index contributed by atoms with van der Waals surface area (Å²) in [6.07, 6.45) is 3.13. The number of hydrogen-bond acceptors (Lipinski definition) is 3. The Morgan fingerprint density at radius 1 is 1.46 bits per heavy atom. The van der Waals surface area contributed by atoms with Crippen molar-refractivity contribution in [1.29, 1.82) is 0 Å². The van der Waals surface area contributed by atoms with Crippen molar-refractivity contribution in [3.05, 3.63) is 32.6 Å². The molecule has 13 heavy (non-hydrogen) atoms. The smallest absolute Gasteiger partial charge is 0.261 e. The van der Waals surface area contributed by atoms with Crippen molar-refractivity contribution < 1.29 is 0 Å². The highest BCUT2D eigenvalue weighted by molar-refractivity contribution is 14.1. The van der Waals surface area contributed by atoms with Crippen molar-refractivity contribution >= 4 is 33.5 Å². The lowest BCUT2D eigenvalue weighted by Crippen LogP contribution is -2.17. The number of pyridine rings is 1. The van der Waals surface area contributed by atoms with E-state index in [1.807, 2.05) is 0 Å². The van der Waals surface area contributed by atoms with Gasteiger partial charge >= 0.3 is 0 Å². The minimum Gasteiger partial charge on any atom is -0.302 e. The molecule has 0 radical (unpaired) electrons. The molecule has 0 aromatic carbocycles. The first-order chi connectivity index (χ1) is 6.20. The van der Waals surface area contributed by atoms with E-state index in [9.17, 15) is 4.79 Å². The fraction of sp³-hybridized carbons (Fsp3) is 0.125. The van der Waals surface area contributed by atoms with Crippen molar-refractivity contribution in [3.63, 3.8) is 0 Å². The van der Waals surface area contributed by atoms with Crippen LogP contribution in [0, 0.1) is 3.70 Å². The summed E-state index contributed by atoms with van der Waals surface area (Å²) in [6.45, 7) is 0. The van der Waals surface area contributed by atoms with Gasteiger partial charge in [0, 0.05) is 13.2 Å². The van der Waals surface area contributed by atoms with Crippen molar-refractivity contribution in [1.82, 2.24) is 14.5 Å². The molecule has 0 bridgehead atoms. The Balaban J connectivity index is 3.03. The van der Waals surface area contributed by atoms with E-state index in [1.54, 1.807) is 19.3 Å². The molecule has 4 nitrogen and oxygen atoms in total. The zero-order valence-corrected chi connectivity index (χ0v) is 9.02. The highest BCUT2D eigenvalue weighted by Crippen LogP contribution is 2.11. The van der Waals surface area contributed by atoms with Gasteiger partial charge < -0.3 is 4.57 Å². The molecule has 2 aromatic rings. The van der Waals surface area contributed by atoms with E-state index in [0.29, 0.717) is 10.9 Å². The molecule has 0 unspecified atom stereocenters. The molecule has 0 aliphatic rings. The summed E-state index contributed by atoms with van der Waals surface area (Å²) < 4.78 is 2.21. The Hall–Kier alpha value is -0.980. The molecule has 0 atom stereocenters. The largest absolute Gasteiger partial charge is 0.302 e. The summed E-state index contributed by atoms with van der Waals surface area (Å²) in [4.78, 5) is 19.8. The number of aryl methyl sites for hydroxylation is 1. The lowest BCUT2D eigenvalue weighted by Gasteiger charge is -2.00. The summed E-state index contributed by atoms with van der Waals surface area (Å²) in [7, 11) is 1.68. The molecule has 2 heterocycles. The second kappa shape index (κ2) is 3.06. The average Bonchev–Trinajstić information content (AvgIpc) is 2.12. The fourth-order valence-electron chi connectivity index (χ4n) is 1.11. The van der Waals surface area contributed by atoms with E-state index < -0.39 is 0 Å². The van der Waals surface area contributed by atoms with Crippen LogP contribution >= 0.6 is 22.6 Å². The minimum absolute atomic E-state index is 0.0367. The van der Waals surface area contributed by atoms with Crippen LogP contribution in [0.15, 0.2) is 23.4 Å². The molecular formula is C8H6IN3O. The van der Waals surface area contributed by atoms with Gasteiger partial charge in [0.2, 0.25) is 0 Å². The van der Waals surface area contributed by atoms with Crippen LogP contribution in [-0.2, 0) is 7.05 Å². The summed E-state index contributed by atoms with van der Waals surface area (Å²) in [5.41, 5.74) is 0.636. The van der Waals surface area contributed by atoms with Crippen molar-refractivity contribution in [2.45, 2.75) is 0 Å². The molecule has 0 spiro atoms. The minimum atomic E-state index is -0.0367. The zero-order valence-electron chi connectivity index (χ0n) is 6.86. The van der Waals surface area contributed by atoms with Crippen LogP contribution in [0.4, 0.5) is 0 Å². The van der Waals surface area contributed by atoms with Crippen LogP contribution < -0.4 is 5.56 Å². The second-order valence-corrected chi connectivity index (χ2v) is 3.68. The van der Waals surface area contributed by atoms with Gasteiger partial charge in [-0.05, 0) is 28.7 Å². The number of fused-ring (bicyclic) bond motifs is 1. The molecule has 2 aromatic heterocycles. The molecular weight excluding hydrogens is 281 g/mol. The molecule has 0 aliphatic heterocycles. The van der Waals surface area contributed by atoms with E-state index in [0.717, 1.165) is 3.70 Å². The highest BCUT2D eigenvalue weighted by atomic mass is 127. The topological polar surface area (TPSA) is 47.8 Å². The standard InChI is InChI=1S/C8H6IN3O/c1-12-4-11-6-5(8(12)13)2-3-10-7(6)9/h2-4H,1H3. The van der Waals surface area contributed by atoms with Gasteiger partial charge in [-0.1, -0.05) is 0 Å². The maximum absolute atomic E-state index is 11.6. The van der Waals surface area contributed by atoms with E-state index in [-0.39, 0.29) is 5.56 Å². The number of nitrogens with zero attached hydrogens (tertiary/aromatic N) is 3. The summed E-state index contributed by atoms with van der Waals surface area (Å²) >= 11 is 2.06. The Morgan fingerprint density at radius 3 is 3.00 bits per heavy atom. The number of rotatable bonds is 0. The van der Waals surface area contributed by atoms with E-state index in [2.05, 4.69) is 32.6 Å². The summed E-state index contributed by atoms with van der Waals surface area (Å²) in [5, 5.41) is 0.615. The van der Waals surface area contributed by atoms with E-state index in [1.165, 1.54) is 10.9 Å². The maximum atomic E-state index is 11.6. The quantitative estimate of drug-likeness (QED) is 0.535. The van der Waals surface area contributed by atoms with E-state index in [4.69, 9.17) is 0 Å². The lowest BCUT2D eigenvalue weighted by atomic mass is 10.3. The second-order valence-electron chi connectivity index (χ2n) is 2.66. The van der Waals surface area contributed by atoms with Gasteiger partial charge in [0.05, 0.1) is 11.7 Å². The first-order valence-corrected chi connectivity index (χ1v) is 4.74. The van der Waals surface area contributed by atoms with Crippen LogP contribution in [0.3, 0.4) is 0 Å². The molecule has 5 heteroatoms. The molecule has 0 N–H and O–H groups in total. The molecule has 0 saturated carbocycles. The SMILES string of the molecule is Cn1cnc2c(I)nccc2c1=O. The van der Waals surface area contributed by atoms with Crippen LogP contribution in [-0.4, -0.2) is 14.5 Å². The van der Waals surface area contributed by atoms with Gasteiger partial charge in [-0.15, -0.1) is 0 Å². The van der Waals surface area contributed by atoms with Crippen LogP contribution in [0.25, 0.3) is 10.9 Å². The third-order valence-electron chi connectivity index (χ3n) is 1.79. The molecule has 0 aliphatic carbocycles. The van der Waals surface area contributed by atoms with Gasteiger partial charge in [0.25, 0.3) is 5.56 Å². The van der Waals surface area contributed by atoms with Crippen LogP contribution in [0.2, 0.25) is 0 Å².